The molecule has 0 aromatic carbocycles. The van der Waals surface area contributed by atoms with Crippen molar-refractivity contribution >= 4 is 5.91 Å². The van der Waals surface area contributed by atoms with Gasteiger partial charge in [-0.15, -0.1) is 0 Å². The third-order valence-electron chi connectivity index (χ3n) is 3.65. The Kier molecular flexibility index (Phi) is 3.29. The second-order valence-electron chi connectivity index (χ2n) is 5.20. The van der Waals surface area contributed by atoms with Crippen molar-refractivity contribution in [3.05, 3.63) is 0 Å². The van der Waals surface area contributed by atoms with Crippen LogP contribution in [-0.2, 0) is 4.79 Å². The summed E-state index contributed by atoms with van der Waals surface area (Å²) >= 11 is 0. The number of carbonyl (C=O) groups is 1. The molecule has 1 amide bonds. The van der Waals surface area contributed by atoms with E-state index in [0.717, 1.165) is 25.4 Å². The fraction of sp³-hybridized carbons (Fsp3) is 0.917. The molecule has 0 aromatic rings. The van der Waals surface area contributed by atoms with Gasteiger partial charge in [0.1, 0.15) is 0 Å². The van der Waals surface area contributed by atoms with E-state index in [4.69, 9.17) is 0 Å². The lowest BCUT2D eigenvalue weighted by atomic mass is 9.90. The molecule has 2 aliphatic rings. The van der Waals surface area contributed by atoms with Crippen LogP contribution in [0.15, 0.2) is 0 Å². The predicted octanol–water partition coefficient (Wildman–Crippen LogP) is 1.43. The number of amides is 1. The van der Waals surface area contributed by atoms with Crippen molar-refractivity contribution < 1.29 is 4.79 Å². The highest BCUT2D eigenvalue weighted by atomic mass is 16.2. The molecule has 0 bridgehead atoms. The SMILES string of the molecule is CC1(C(=O)NCCC2CC2)CCCCN1. The highest BCUT2D eigenvalue weighted by Crippen LogP contribution is 2.31. The fourth-order valence-corrected chi connectivity index (χ4v) is 2.24. The summed E-state index contributed by atoms with van der Waals surface area (Å²) in [4.78, 5) is 11.9. The van der Waals surface area contributed by atoms with Gasteiger partial charge in [-0.1, -0.05) is 12.8 Å². The summed E-state index contributed by atoms with van der Waals surface area (Å²) in [5.41, 5.74) is -0.304. The zero-order chi connectivity index (χ0) is 10.7. The van der Waals surface area contributed by atoms with Gasteiger partial charge in [0.15, 0.2) is 0 Å². The lowest BCUT2D eigenvalue weighted by Crippen LogP contribution is -2.57. The average Bonchev–Trinajstić information content (AvgIpc) is 3.03. The van der Waals surface area contributed by atoms with E-state index < -0.39 is 0 Å². The summed E-state index contributed by atoms with van der Waals surface area (Å²) in [7, 11) is 0. The molecule has 0 aromatic heterocycles. The molecule has 2 fully saturated rings. The molecule has 1 heterocycles. The second kappa shape index (κ2) is 4.52. The van der Waals surface area contributed by atoms with E-state index in [1.165, 1.54) is 32.1 Å². The van der Waals surface area contributed by atoms with Crippen LogP contribution in [0.3, 0.4) is 0 Å². The van der Waals surface area contributed by atoms with Crippen LogP contribution in [0.25, 0.3) is 0 Å². The molecule has 0 spiro atoms. The first-order chi connectivity index (χ1) is 7.21. The molecule has 3 heteroatoms. The average molecular weight is 210 g/mol. The van der Waals surface area contributed by atoms with Gasteiger partial charge in [-0.2, -0.15) is 0 Å². The normalized spacial score (nSPS) is 31.3. The molecule has 2 rings (SSSR count). The Labute approximate surface area is 92.0 Å². The maximum atomic E-state index is 11.9. The van der Waals surface area contributed by atoms with E-state index in [1.54, 1.807) is 0 Å². The third-order valence-corrected chi connectivity index (χ3v) is 3.65. The molecular formula is C12H22N2O. The number of rotatable bonds is 4. The van der Waals surface area contributed by atoms with Gasteiger partial charge in [0.2, 0.25) is 5.91 Å². The Hall–Kier alpha value is -0.570. The van der Waals surface area contributed by atoms with Gasteiger partial charge in [0.05, 0.1) is 5.54 Å². The Balaban J connectivity index is 1.72. The molecular weight excluding hydrogens is 188 g/mol. The topological polar surface area (TPSA) is 41.1 Å². The van der Waals surface area contributed by atoms with Crippen molar-refractivity contribution in [1.82, 2.24) is 10.6 Å². The van der Waals surface area contributed by atoms with Crippen LogP contribution < -0.4 is 10.6 Å². The van der Waals surface area contributed by atoms with Gasteiger partial charge >= 0.3 is 0 Å². The van der Waals surface area contributed by atoms with Crippen LogP contribution in [0.4, 0.5) is 0 Å². The first-order valence-corrected chi connectivity index (χ1v) is 6.24. The van der Waals surface area contributed by atoms with Gasteiger partial charge in [-0.05, 0) is 45.1 Å². The van der Waals surface area contributed by atoms with Crippen molar-refractivity contribution in [2.45, 2.75) is 51.0 Å². The number of hydrogen-bond donors (Lipinski definition) is 2. The molecule has 15 heavy (non-hydrogen) atoms. The number of nitrogens with one attached hydrogen (secondary N) is 2. The lowest BCUT2D eigenvalue weighted by Gasteiger charge is -2.33. The summed E-state index contributed by atoms with van der Waals surface area (Å²) in [5, 5.41) is 6.40. The van der Waals surface area contributed by atoms with Crippen LogP contribution >= 0.6 is 0 Å². The summed E-state index contributed by atoms with van der Waals surface area (Å²) in [6.07, 6.45) is 7.24. The molecule has 1 unspecified atom stereocenters. The highest BCUT2D eigenvalue weighted by molar-refractivity contribution is 5.85. The summed E-state index contributed by atoms with van der Waals surface area (Å²) in [5.74, 6) is 1.10. The van der Waals surface area contributed by atoms with Crippen LogP contribution in [-0.4, -0.2) is 24.5 Å². The quantitative estimate of drug-likeness (QED) is 0.737. The van der Waals surface area contributed by atoms with Gasteiger partial charge in [-0.25, -0.2) is 0 Å². The van der Waals surface area contributed by atoms with Crippen molar-refractivity contribution in [1.29, 1.82) is 0 Å². The Bertz CT molecular complexity index is 230. The molecule has 3 nitrogen and oxygen atoms in total. The second-order valence-corrected chi connectivity index (χ2v) is 5.20. The fourth-order valence-electron chi connectivity index (χ4n) is 2.24. The maximum Gasteiger partial charge on any atom is 0.240 e. The van der Waals surface area contributed by atoms with Crippen LogP contribution in [0.5, 0.6) is 0 Å². The van der Waals surface area contributed by atoms with Gasteiger partial charge in [0, 0.05) is 6.54 Å². The molecule has 2 N–H and O–H groups in total. The highest BCUT2D eigenvalue weighted by Gasteiger charge is 2.34. The van der Waals surface area contributed by atoms with Crippen molar-refractivity contribution in [2.24, 2.45) is 5.92 Å². The van der Waals surface area contributed by atoms with E-state index in [0.29, 0.717) is 0 Å². The first kappa shape index (κ1) is 10.9. The van der Waals surface area contributed by atoms with Crippen molar-refractivity contribution in [3.8, 4) is 0 Å². The van der Waals surface area contributed by atoms with Crippen molar-refractivity contribution in [3.63, 3.8) is 0 Å². The summed E-state index contributed by atoms with van der Waals surface area (Å²) in [6.45, 7) is 3.87. The molecule has 1 atom stereocenters. The van der Waals surface area contributed by atoms with E-state index in [2.05, 4.69) is 10.6 Å². The van der Waals surface area contributed by atoms with E-state index in [1.807, 2.05) is 6.92 Å². The minimum absolute atomic E-state index is 0.197. The first-order valence-electron chi connectivity index (χ1n) is 6.24. The Morgan fingerprint density at radius 3 is 2.87 bits per heavy atom. The molecule has 1 saturated heterocycles. The van der Waals surface area contributed by atoms with Gasteiger partial charge < -0.3 is 10.6 Å². The lowest BCUT2D eigenvalue weighted by molar-refractivity contribution is -0.127. The van der Waals surface area contributed by atoms with Gasteiger partial charge in [-0.3, -0.25) is 4.79 Å². The molecule has 1 saturated carbocycles. The third kappa shape index (κ3) is 2.94. The predicted molar refractivity (Wildman–Crippen MR) is 60.6 cm³/mol. The van der Waals surface area contributed by atoms with E-state index in [-0.39, 0.29) is 11.4 Å². The van der Waals surface area contributed by atoms with Crippen LogP contribution in [0, 0.1) is 5.92 Å². The summed E-state index contributed by atoms with van der Waals surface area (Å²) < 4.78 is 0. The van der Waals surface area contributed by atoms with E-state index in [9.17, 15) is 4.79 Å². The molecule has 86 valence electrons. The minimum Gasteiger partial charge on any atom is -0.354 e. The Morgan fingerprint density at radius 1 is 1.47 bits per heavy atom. The molecule has 1 aliphatic carbocycles. The standard InChI is InChI=1S/C12H22N2O/c1-12(7-2-3-8-14-12)11(15)13-9-6-10-4-5-10/h10,14H,2-9H2,1H3,(H,13,15). The monoisotopic (exact) mass is 210 g/mol. The summed E-state index contributed by atoms with van der Waals surface area (Å²) in [6, 6.07) is 0. The van der Waals surface area contributed by atoms with Crippen LogP contribution in [0.1, 0.15) is 45.4 Å². The largest absolute Gasteiger partial charge is 0.354 e. The van der Waals surface area contributed by atoms with Crippen LogP contribution in [0.2, 0.25) is 0 Å². The molecule has 1 aliphatic heterocycles. The molecule has 0 radical (unpaired) electrons. The Morgan fingerprint density at radius 2 is 2.27 bits per heavy atom. The van der Waals surface area contributed by atoms with E-state index >= 15 is 0 Å². The zero-order valence-electron chi connectivity index (χ0n) is 9.64. The zero-order valence-corrected chi connectivity index (χ0v) is 9.64. The van der Waals surface area contributed by atoms with Gasteiger partial charge in [0.25, 0.3) is 0 Å². The maximum absolute atomic E-state index is 11.9. The number of carbonyl (C=O) groups excluding carboxylic acids is 1. The number of hydrogen-bond acceptors (Lipinski definition) is 2. The smallest absolute Gasteiger partial charge is 0.240 e. The number of piperidine rings is 1. The minimum atomic E-state index is -0.304. The van der Waals surface area contributed by atoms with Crippen molar-refractivity contribution in [2.75, 3.05) is 13.1 Å².